The molecule has 0 spiro atoms. The Bertz CT molecular complexity index is 1180. The van der Waals surface area contributed by atoms with Crippen LogP contribution in [0.25, 0.3) is 0 Å². The van der Waals surface area contributed by atoms with Crippen LogP contribution < -0.4 is 0 Å². The summed E-state index contributed by atoms with van der Waals surface area (Å²) in [4.78, 5) is 72.3. The molecule has 2 aromatic rings. The number of ether oxygens (including phenoxy) is 3. The van der Waals surface area contributed by atoms with Gasteiger partial charge in [0.2, 0.25) is 18.3 Å². The van der Waals surface area contributed by atoms with Crippen molar-refractivity contribution in [3.8, 4) is 0 Å². The summed E-state index contributed by atoms with van der Waals surface area (Å²) in [5.74, 6) is -10.6. The minimum atomic E-state index is -2.76. The zero-order valence-electron chi connectivity index (χ0n) is 19.4. The number of aliphatic hydroxyl groups excluding tert-OH is 1. The maximum Gasteiger partial charge on any atom is 0.353 e. The van der Waals surface area contributed by atoms with Gasteiger partial charge in [-0.25, -0.2) is 28.8 Å². The van der Waals surface area contributed by atoms with Crippen LogP contribution in [-0.4, -0.2) is 80.7 Å². The molecule has 0 saturated heterocycles. The molecular weight excluding hydrogens is 496 g/mol. The Labute approximate surface area is 208 Å². The number of aliphatic carboxylic acids is 3. The van der Waals surface area contributed by atoms with E-state index in [-0.39, 0.29) is 11.1 Å². The summed E-state index contributed by atoms with van der Waals surface area (Å²) in [6.07, 6.45) is -10.6. The lowest BCUT2D eigenvalue weighted by atomic mass is 10.1. The van der Waals surface area contributed by atoms with E-state index in [2.05, 4.69) is 4.74 Å². The standard InChI is InChI=1S/C24H22O13/c1-11-3-7-13(8-4-11)22(32)36-17(21(30)31)18(37-23(33)14-9-5-12(2)6-10-14)24(34)35-16(20(28)29)15(25)19(26)27/h3-10,15-18,25H,1-2H3,(H,26,27)(H,28,29)(H,30,31). The number of hydrogen-bond donors (Lipinski definition) is 4. The molecule has 0 aliphatic rings. The van der Waals surface area contributed by atoms with Crippen LogP contribution in [0.5, 0.6) is 0 Å². The third-order valence-electron chi connectivity index (χ3n) is 4.82. The Kier molecular flexibility index (Phi) is 9.43. The van der Waals surface area contributed by atoms with Crippen LogP contribution in [-0.2, 0) is 33.4 Å². The summed E-state index contributed by atoms with van der Waals surface area (Å²) in [6, 6.07) is 11.2. The molecule has 4 atom stereocenters. The molecule has 13 nitrogen and oxygen atoms in total. The minimum Gasteiger partial charge on any atom is -0.479 e. The van der Waals surface area contributed by atoms with Gasteiger partial charge in [-0.15, -0.1) is 0 Å². The highest BCUT2D eigenvalue weighted by Gasteiger charge is 2.45. The summed E-state index contributed by atoms with van der Waals surface area (Å²) in [7, 11) is 0. The fourth-order valence-corrected chi connectivity index (χ4v) is 2.79. The van der Waals surface area contributed by atoms with E-state index in [9.17, 15) is 39.0 Å². The lowest BCUT2D eigenvalue weighted by molar-refractivity contribution is -0.188. The maximum atomic E-state index is 12.8. The molecule has 2 aromatic carbocycles. The average molecular weight is 518 g/mol. The fraction of sp³-hybridized carbons (Fsp3) is 0.250. The van der Waals surface area contributed by atoms with Crippen molar-refractivity contribution in [2.24, 2.45) is 0 Å². The smallest absolute Gasteiger partial charge is 0.353 e. The molecule has 13 heteroatoms. The summed E-state index contributed by atoms with van der Waals surface area (Å²) in [6.45, 7) is 3.43. The van der Waals surface area contributed by atoms with Crippen molar-refractivity contribution in [2.45, 2.75) is 38.3 Å². The van der Waals surface area contributed by atoms with Gasteiger partial charge >= 0.3 is 35.8 Å². The molecular formula is C24H22O13. The molecule has 4 unspecified atom stereocenters. The molecule has 0 aliphatic heterocycles. The summed E-state index contributed by atoms with van der Waals surface area (Å²) >= 11 is 0. The molecule has 4 N–H and O–H groups in total. The number of benzene rings is 2. The first-order valence-electron chi connectivity index (χ1n) is 10.4. The second-order valence-electron chi connectivity index (χ2n) is 7.70. The Morgan fingerprint density at radius 2 is 0.946 bits per heavy atom. The van der Waals surface area contributed by atoms with Crippen LogP contribution in [0, 0.1) is 13.8 Å². The highest BCUT2D eigenvalue weighted by Crippen LogP contribution is 2.17. The number of aryl methyl sites for hydroxylation is 2. The van der Waals surface area contributed by atoms with Crippen molar-refractivity contribution in [1.82, 2.24) is 0 Å². The molecule has 2 rings (SSSR count). The predicted molar refractivity (Wildman–Crippen MR) is 120 cm³/mol. The van der Waals surface area contributed by atoms with Crippen molar-refractivity contribution in [1.29, 1.82) is 0 Å². The lowest BCUT2D eigenvalue weighted by Gasteiger charge is -2.25. The third kappa shape index (κ3) is 7.60. The maximum absolute atomic E-state index is 12.8. The molecule has 0 heterocycles. The van der Waals surface area contributed by atoms with Gasteiger partial charge in [-0.2, -0.15) is 0 Å². The average Bonchev–Trinajstić information content (AvgIpc) is 2.84. The summed E-state index contributed by atoms with van der Waals surface area (Å²) in [5.41, 5.74) is 1.22. The number of esters is 3. The molecule has 37 heavy (non-hydrogen) atoms. The second-order valence-corrected chi connectivity index (χ2v) is 7.70. The van der Waals surface area contributed by atoms with Gasteiger partial charge in [0.1, 0.15) is 0 Å². The second kappa shape index (κ2) is 12.3. The quantitative estimate of drug-likeness (QED) is 0.237. The molecule has 0 bridgehead atoms. The van der Waals surface area contributed by atoms with Crippen LogP contribution in [0.2, 0.25) is 0 Å². The van der Waals surface area contributed by atoms with Crippen LogP contribution in [0.15, 0.2) is 48.5 Å². The normalized spacial score (nSPS) is 13.8. The summed E-state index contributed by atoms with van der Waals surface area (Å²) in [5, 5.41) is 37.3. The van der Waals surface area contributed by atoms with Crippen molar-refractivity contribution in [3.05, 3.63) is 70.8 Å². The van der Waals surface area contributed by atoms with Crippen LogP contribution >= 0.6 is 0 Å². The number of aliphatic hydroxyl groups is 1. The van der Waals surface area contributed by atoms with Gasteiger partial charge in [-0.3, -0.25) is 0 Å². The van der Waals surface area contributed by atoms with Gasteiger partial charge in [0.25, 0.3) is 0 Å². The van der Waals surface area contributed by atoms with Crippen LogP contribution in [0.3, 0.4) is 0 Å². The molecule has 0 saturated carbocycles. The largest absolute Gasteiger partial charge is 0.479 e. The van der Waals surface area contributed by atoms with E-state index in [0.717, 1.165) is 11.1 Å². The van der Waals surface area contributed by atoms with Gasteiger partial charge < -0.3 is 34.6 Å². The van der Waals surface area contributed by atoms with E-state index in [1.807, 2.05) is 0 Å². The molecule has 0 aromatic heterocycles. The molecule has 0 radical (unpaired) electrons. The number of rotatable bonds is 11. The molecule has 0 aliphatic carbocycles. The van der Waals surface area contributed by atoms with Gasteiger partial charge in [0, 0.05) is 0 Å². The van der Waals surface area contributed by atoms with Gasteiger partial charge in [0.15, 0.2) is 6.10 Å². The minimum absolute atomic E-state index is 0.126. The molecule has 0 fully saturated rings. The van der Waals surface area contributed by atoms with Crippen LogP contribution in [0.1, 0.15) is 31.8 Å². The van der Waals surface area contributed by atoms with E-state index in [0.29, 0.717) is 0 Å². The SMILES string of the molecule is Cc1ccc(C(=O)OC(C(=O)O)C(OC(=O)c2ccc(C)cc2)C(=O)OC(C(=O)O)C(O)C(=O)O)cc1. The van der Waals surface area contributed by atoms with Gasteiger partial charge in [0.05, 0.1) is 11.1 Å². The van der Waals surface area contributed by atoms with Crippen molar-refractivity contribution in [3.63, 3.8) is 0 Å². The van der Waals surface area contributed by atoms with Crippen LogP contribution in [0.4, 0.5) is 0 Å². The number of carbonyl (C=O) groups is 6. The van der Waals surface area contributed by atoms with E-state index in [1.165, 1.54) is 48.5 Å². The molecule has 196 valence electrons. The Morgan fingerprint density at radius 3 is 1.30 bits per heavy atom. The monoisotopic (exact) mass is 518 g/mol. The number of carboxylic acids is 3. The Morgan fingerprint density at radius 1 is 0.568 bits per heavy atom. The number of carboxylic acid groups (broad SMARTS) is 3. The lowest BCUT2D eigenvalue weighted by Crippen LogP contribution is -2.50. The van der Waals surface area contributed by atoms with Gasteiger partial charge in [-0.05, 0) is 38.1 Å². The first-order chi connectivity index (χ1) is 17.3. The van der Waals surface area contributed by atoms with Crippen molar-refractivity contribution in [2.75, 3.05) is 0 Å². The Balaban J connectivity index is 2.43. The fourth-order valence-electron chi connectivity index (χ4n) is 2.79. The highest BCUT2D eigenvalue weighted by molar-refractivity contribution is 5.96. The zero-order valence-corrected chi connectivity index (χ0v) is 19.4. The Hall–Kier alpha value is -4.78. The number of carbonyl (C=O) groups excluding carboxylic acids is 3. The summed E-state index contributed by atoms with van der Waals surface area (Å²) < 4.78 is 14.3. The van der Waals surface area contributed by atoms with Crippen molar-refractivity contribution >= 4 is 35.8 Å². The third-order valence-corrected chi connectivity index (χ3v) is 4.82. The number of hydrogen-bond acceptors (Lipinski definition) is 10. The topological polar surface area (TPSA) is 211 Å². The van der Waals surface area contributed by atoms with E-state index in [4.69, 9.17) is 19.7 Å². The van der Waals surface area contributed by atoms with E-state index in [1.54, 1.807) is 13.8 Å². The first kappa shape index (κ1) is 28.5. The van der Waals surface area contributed by atoms with Crippen molar-refractivity contribution < 1.29 is 63.4 Å². The zero-order chi connectivity index (χ0) is 27.9. The highest BCUT2D eigenvalue weighted by atomic mass is 16.6. The van der Waals surface area contributed by atoms with E-state index < -0.39 is 60.2 Å². The van der Waals surface area contributed by atoms with E-state index >= 15 is 0 Å². The van der Waals surface area contributed by atoms with Gasteiger partial charge in [-0.1, -0.05) is 35.4 Å². The predicted octanol–water partition coefficient (Wildman–Crippen LogP) is 0.581. The molecule has 0 amide bonds. The first-order valence-corrected chi connectivity index (χ1v) is 10.4.